The Hall–Kier alpha value is -1.07. The van der Waals surface area contributed by atoms with Crippen LogP contribution in [0.1, 0.15) is 51.8 Å². The lowest BCUT2D eigenvalue weighted by molar-refractivity contribution is 0.0445. The molecule has 0 fully saturated rings. The van der Waals surface area contributed by atoms with Gasteiger partial charge in [0.1, 0.15) is 5.60 Å². The number of hydrogen-bond donors (Lipinski definition) is 2. The van der Waals surface area contributed by atoms with Crippen molar-refractivity contribution in [1.82, 2.24) is 5.32 Å². The number of aryl methyl sites for hydroxylation is 1. The van der Waals surface area contributed by atoms with Crippen LogP contribution in [0.2, 0.25) is 0 Å². The molecule has 0 spiro atoms. The van der Waals surface area contributed by atoms with Crippen molar-refractivity contribution in [2.75, 3.05) is 13.2 Å². The summed E-state index contributed by atoms with van der Waals surface area (Å²) in [6.45, 7) is 8.14. The topological polar surface area (TPSA) is 58.6 Å². The fourth-order valence-electron chi connectivity index (χ4n) is 2.46. The van der Waals surface area contributed by atoms with E-state index in [1.54, 1.807) is 11.3 Å². The van der Waals surface area contributed by atoms with Crippen LogP contribution < -0.4 is 5.32 Å². The number of rotatable bonds is 8. The highest BCUT2D eigenvalue weighted by atomic mass is 32.1. The number of thiophene rings is 1. The first-order valence-corrected chi connectivity index (χ1v) is 8.78. The average Bonchev–Trinajstić information content (AvgIpc) is 2.93. The van der Waals surface area contributed by atoms with Gasteiger partial charge in [0.15, 0.2) is 0 Å². The van der Waals surface area contributed by atoms with Crippen LogP contribution in [-0.2, 0) is 11.2 Å². The van der Waals surface area contributed by atoms with Gasteiger partial charge in [-0.2, -0.15) is 0 Å². The van der Waals surface area contributed by atoms with Gasteiger partial charge in [0.05, 0.1) is 6.61 Å². The summed E-state index contributed by atoms with van der Waals surface area (Å²) < 4.78 is 5.28. The highest BCUT2D eigenvalue weighted by Crippen LogP contribution is 2.30. The Morgan fingerprint density at radius 1 is 1.36 bits per heavy atom. The van der Waals surface area contributed by atoms with Crippen molar-refractivity contribution in [3.63, 3.8) is 0 Å². The summed E-state index contributed by atoms with van der Waals surface area (Å²) in [4.78, 5) is 13.2. The van der Waals surface area contributed by atoms with Gasteiger partial charge in [-0.3, -0.25) is 0 Å². The summed E-state index contributed by atoms with van der Waals surface area (Å²) in [6.07, 6.45) is 3.21. The predicted octanol–water partition coefficient (Wildman–Crippen LogP) is 3.98. The highest BCUT2D eigenvalue weighted by Gasteiger charge is 2.30. The molecule has 126 valence electrons. The number of ether oxygens (including phenoxy) is 1. The third kappa shape index (κ3) is 6.79. The molecule has 2 N–H and O–H groups in total. The van der Waals surface area contributed by atoms with E-state index in [4.69, 9.17) is 4.74 Å². The van der Waals surface area contributed by atoms with Crippen LogP contribution in [0.3, 0.4) is 0 Å². The Bertz CT molecular complexity index is 439. The first-order valence-electron chi connectivity index (χ1n) is 7.90. The molecule has 1 atom stereocenters. The van der Waals surface area contributed by atoms with Gasteiger partial charge in [0.25, 0.3) is 0 Å². The molecule has 0 saturated carbocycles. The van der Waals surface area contributed by atoms with E-state index < -0.39 is 11.7 Å². The molecular weight excluding hydrogens is 298 g/mol. The van der Waals surface area contributed by atoms with Crippen LogP contribution in [0.5, 0.6) is 0 Å². The van der Waals surface area contributed by atoms with E-state index in [1.807, 2.05) is 26.8 Å². The van der Waals surface area contributed by atoms with Crippen molar-refractivity contribution in [1.29, 1.82) is 0 Å². The highest BCUT2D eigenvalue weighted by molar-refractivity contribution is 7.09. The molecule has 0 bridgehead atoms. The monoisotopic (exact) mass is 327 g/mol. The van der Waals surface area contributed by atoms with Gasteiger partial charge in [-0.05, 0) is 51.5 Å². The number of aliphatic hydroxyl groups is 1. The fourth-order valence-corrected chi connectivity index (χ4v) is 3.17. The maximum Gasteiger partial charge on any atom is 0.407 e. The number of carbonyl (C=O) groups excluding carboxylic acids is 1. The Morgan fingerprint density at radius 2 is 2.09 bits per heavy atom. The van der Waals surface area contributed by atoms with Crippen molar-refractivity contribution in [3.8, 4) is 0 Å². The maximum atomic E-state index is 11.8. The molecule has 0 aliphatic heterocycles. The molecule has 22 heavy (non-hydrogen) atoms. The van der Waals surface area contributed by atoms with Crippen molar-refractivity contribution in [3.05, 3.63) is 22.4 Å². The largest absolute Gasteiger partial charge is 0.444 e. The summed E-state index contributed by atoms with van der Waals surface area (Å²) >= 11 is 1.73. The Morgan fingerprint density at radius 3 is 2.59 bits per heavy atom. The zero-order chi connectivity index (χ0) is 16.6. The first kappa shape index (κ1) is 19.0. The molecule has 1 rings (SSSR count). The van der Waals surface area contributed by atoms with Crippen LogP contribution in [-0.4, -0.2) is 30.0 Å². The Balaban J connectivity index is 2.60. The van der Waals surface area contributed by atoms with E-state index in [0.717, 1.165) is 25.7 Å². The quantitative estimate of drug-likeness (QED) is 0.759. The average molecular weight is 327 g/mol. The number of aliphatic hydroxyl groups excluding tert-OH is 1. The minimum atomic E-state index is -0.506. The lowest BCUT2D eigenvalue weighted by atomic mass is 9.79. The normalized spacial score (nSPS) is 14.4. The second-order valence-electron chi connectivity index (χ2n) is 6.84. The molecule has 0 aliphatic carbocycles. The fraction of sp³-hybridized carbons (Fsp3) is 0.706. The molecule has 0 aliphatic rings. The third-order valence-electron chi connectivity index (χ3n) is 3.60. The van der Waals surface area contributed by atoms with Crippen molar-refractivity contribution < 1.29 is 14.6 Å². The minimum Gasteiger partial charge on any atom is -0.444 e. The SMILES string of the molecule is CCCC(CO)(CCc1cccs1)CNC(=O)OC(C)(C)C. The molecule has 5 heteroatoms. The van der Waals surface area contributed by atoms with E-state index >= 15 is 0 Å². The second kappa shape index (κ2) is 8.53. The number of alkyl carbamates (subject to hydrolysis) is 1. The standard InChI is InChI=1S/C17H29NO3S/c1-5-9-17(13-19,10-8-14-7-6-11-22-14)12-18-15(20)21-16(2,3)4/h6-7,11,19H,5,8-10,12-13H2,1-4H3,(H,18,20). The van der Waals surface area contributed by atoms with Gasteiger partial charge in [0, 0.05) is 16.8 Å². The number of amides is 1. The first-order chi connectivity index (χ1) is 10.3. The van der Waals surface area contributed by atoms with Crippen LogP contribution in [0.15, 0.2) is 17.5 Å². The van der Waals surface area contributed by atoms with E-state index in [1.165, 1.54) is 4.88 Å². The van der Waals surface area contributed by atoms with Crippen LogP contribution in [0.25, 0.3) is 0 Å². The van der Waals surface area contributed by atoms with Crippen LogP contribution in [0, 0.1) is 5.41 Å². The minimum absolute atomic E-state index is 0.0714. The van der Waals surface area contributed by atoms with Gasteiger partial charge in [-0.25, -0.2) is 4.79 Å². The van der Waals surface area contributed by atoms with E-state index in [2.05, 4.69) is 23.7 Å². The number of nitrogens with one attached hydrogen (secondary N) is 1. The molecule has 4 nitrogen and oxygen atoms in total. The molecule has 1 aromatic rings. The summed E-state index contributed by atoms with van der Waals surface area (Å²) in [5.74, 6) is 0. The zero-order valence-electron chi connectivity index (χ0n) is 14.1. The Labute approximate surface area is 137 Å². The smallest absolute Gasteiger partial charge is 0.407 e. The predicted molar refractivity (Wildman–Crippen MR) is 91.3 cm³/mol. The molecule has 1 aromatic heterocycles. The molecule has 0 radical (unpaired) electrons. The van der Waals surface area contributed by atoms with Crippen molar-refractivity contribution in [2.24, 2.45) is 5.41 Å². The summed E-state index contributed by atoms with van der Waals surface area (Å²) in [5, 5.41) is 14.8. The van der Waals surface area contributed by atoms with Gasteiger partial charge < -0.3 is 15.2 Å². The van der Waals surface area contributed by atoms with E-state index in [9.17, 15) is 9.90 Å². The molecule has 1 amide bonds. The summed E-state index contributed by atoms with van der Waals surface area (Å²) in [6, 6.07) is 4.15. The van der Waals surface area contributed by atoms with Gasteiger partial charge in [0.2, 0.25) is 0 Å². The lowest BCUT2D eigenvalue weighted by Gasteiger charge is -2.32. The zero-order valence-corrected chi connectivity index (χ0v) is 15.0. The number of carbonyl (C=O) groups is 1. The molecule has 0 aromatic carbocycles. The number of hydrogen-bond acceptors (Lipinski definition) is 4. The van der Waals surface area contributed by atoms with Crippen molar-refractivity contribution in [2.45, 2.75) is 59.0 Å². The molecule has 1 heterocycles. The summed E-state index contributed by atoms with van der Waals surface area (Å²) in [5.41, 5.74) is -0.788. The van der Waals surface area contributed by atoms with Crippen LogP contribution in [0.4, 0.5) is 4.79 Å². The molecular formula is C17H29NO3S. The summed E-state index contributed by atoms with van der Waals surface area (Å²) in [7, 11) is 0. The second-order valence-corrected chi connectivity index (χ2v) is 7.88. The van der Waals surface area contributed by atoms with E-state index in [0.29, 0.717) is 6.54 Å². The third-order valence-corrected chi connectivity index (χ3v) is 4.54. The van der Waals surface area contributed by atoms with Gasteiger partial charge in [-0.15, -0.1) is 11.3 Å². The molecule has 1 unspecified atom stereocenters. The van der Waals surface area contributed by atoms with Gasteiger partial charge >= 0.3 is 6.09 Å². The van der Waals surface area contributed by atoms with Crippen molar-refractivity contribution >= 4 is 17.4 Å². The Kier molecular flexibility index (Phi) is 7.36. The van der Waals surface area contributed by atoms with Crippen LogP contribution >= 0.6 is 11.3 Å². The maximum absolute atomic E-state index is 11.8. The van der Waals surface area contributed by atoms with Gasteiger partial charge in [-0.1, -0.05) is 19.4 Å². The lowest BCUT2D eigenvalue weighted by Crippen LogP contribution is -2.42. The van der Waals surface area contributed by atoms with E-state index in [-0.39, 0.29) is 12.0 Å². The molecule has 0 saturated heterocycles.